The first-order valence-corrected chi connectivity index (χ1v) is 6.69. The Morgan fingerprint density at radius 2 is 2.11 bits per heavy atom. The molecule has 0 fully saturated rings. The van der Waals surface area contributed by atoms with E-state index in [4.69, 9.17) is 0 Å². The van der Waals surface area contributed by atoms with Crippen molar-refractivity contribution in [1.82, 2.24) is 19.5 Å². The first-order valence-electron chi connectivity index (χ1n) is 6.69. The van der Waals surface area contributed by atoms with E-state index in [0.717, 1.165) is 36.1 Å². The first-order chi connectivity index (χ1) is 9.13. The maximum absolute atomic E-state index is 4.63. The van der Waals surface area contributed by atoms with E-state index < -0.39 is 0 Å². The lowest BCUT2D eigenvalue weighted by atomic mass is 10.2. The molecule has 0 aliphatic rings. The zero-order chi connectivity index (χ0) is 13.8. The molecule has 1 N–H and O–H groups in total. The van der Waals surface area contributed by atoms with Crippen molar-refractivity contribution in [2.75, 3.05) is 12.4 Å². The summed E-state index contributed by atoms with van der Waals surface area (Å²) in [5, 5.41) is 3.09. The number of hydrogen-bond donors (Lipinski definition) is 1. The summed E-state index contributed by atoms with van der Waals surface area (Å²) in [6.45, 7) is 7.25. The van der Waals surface area contributed by atoms with Crippen molar-refractivity contribution in [3.05, 3.63) is 35.8 Å². The van der Waals surface area contributed by atoms with Crippen molar-refractivity contribution in [2.24, 2.45) is 0 Å². The predicted molar refractivity (Wildman–Crippen MR) is 76.4 cm³/mol. The minimum atomic E-state index is 0.318. The Kier molecular flexibility index (Phi) is 4.14. The number of imidazole rings is 1. The Hall–Kier alpha value is -1.91. The molecule has 5 nitrogen and oxygen atoms in total. The molecule has 0 aliphatic carbocycles. The molecule has 0 amide bonds. The Balaban J connectivity index is 2.31. The van der Waals surface area contributed by atoms with Gasteiger partial charge in [-0.3, -0.25) is 0 Å². The van der Waals surface area contributed by atoms with Crippen molar-refractivity contribution in [3.63, 3.8) is 0 Å². The molecule has 0 spiro atoms. The molecule has 0 radical (unpaired) electrons. The van der Waals surface area contributed by atoms with Gasteiger partial charge in [0.2, 0.25) is 0 Å². The van der Waals surface area contributed by atoms with Gasteiger partial charge in [0, 0.05) is 44.4 Å². The highest BCUT2D eigenvalue weighted by Crippen LogP contribution is 2.15. The van der Waals surface area contributed by atoms with Gasteiger partial charge in [-0.2, -0.15) is 0 Å². The van der Waals surface area contributed by atoms with Crippen molar-refractivity contribution >= 4 is 5.82 Å². The molecule has 0 bridgehead atoms. The van der Waals surface area contributed by atoms with Crippen LogP contribution in [0.4, 0.5) is 5.82 Å². The molecule has 0 unspecified atom stereocenters. The number of hydrogen-bond acceptors (Lipinski definition) is 4. The van der Waals surface area contributed by atoms with Crippen LogP contribution in [0, 0.1) is 0 Å². The lowest BCUT2D eigenvalue weighted by Gasteiger charge is -2.10. The van der Waals surface area contributed by atoms with Gasteiger partial charge < -0.3 is 9.88 Å². The molecule has 2 heterocycles. The molecular formula is C14H21N5. The molecule has 0 saturated heterocycles. The Labute approximate surface area is 114 Å². The van der Waals surface area contributed by atoms with Gasteiger partial charge in [0.1, 0.15) is 17.5 Å². The second kappa shape index (κ2) is 5.82. The standard InChI is InChI=1S/C14H21N5/c1-5-19-7-6-16-13(19)9-11-8-12(15-4)18-14(17-11)10(2)3/h6-8,10H,5,9H2,1-4H3,(H,15,17,18). The fourth-order valence-corrected chi connectivity index (χ4v) is 1.95. The van der Waals surface area contributed by atoms with Crippen molar-refractivity contribution in [2.45, 2.75) is 39.7 Å². The minimum Gasteiger partial charge on any atom is -0.373 e. The first kappa shape index (κ1) is 13.5. The van der Waals surface area contributed by atoms with Crippen LogP contribution in [0.3, 0.4) is 0 Å². The van der Waals surface area contributed by atoms with Crippen LogP contribution in [0.1, 0.15) is 44.0 Å². The summed E-state index contributed by atoms with van der Waals surface area (Å²) in [4.78, 5) is 13.5. The van der Waals surface area contributed by atoms with E-state index in [-0.39, 0.29) is 0 Å². The lowest BCUT2D eigenvalue weighted by Crippen LogP contribution is -2.08. The van der Waals surface area contributed by atoms with Crippen LogP contribution in [0.5, 0.6) is 0 Å². The highest BCUT2D eigenvalue weighted by atomic mass is 15.1. The average molecular weight is 259 g/mol. The van der Waals surface area contributed by atoms with Crippen molar-refractivity contribution < 1.29 is 0 Å². The Morgan fingerprint density at radius 1 is 1.32 bits per heavy atom. The monoisotopic (exact) mass is 259 g/mol. The molecule has 5 heteroatoms. The van der Waals surface area contributed by atoms with Crippen LogP contribution in [0.2, 0.25) is 0 Å². The van der Waals surface area contributed by atoms with E-state index in [2.05, 4.69) is 45.6 Å². The molecule has 0 saturated carbocycles. The summed E-state index contributed by atoms with van der Waals surface area (Å²) in [5.41, 5.74) is 1.00. The summed E-state index contributed by atoms with van der Waals surface area (Å²) < 4.78 is 2.14. The third kappa shape index (κ3) is 3.10. The Morgan fingerprint density at radius 3 is 2.74 bits per heavy atom. The zero-order valence-corrected chi connectivity index (χ0v) is 12.0. The average Bonchev–Trinajstić information content (AvgIpc) is 2.85. The number of nitrogens with one attached hydrogen (secondary N) is 1. The van der Waals surface area contributed by atoms with Crippen LogP contribution >= 0.6 is 0 Å². The molecule has 19 heavy (non-hydrogen) atoms. The molecule has 0 aromatic carbocycles. The third-order valence-electron chi connectivity index (χ3n) is 3.05. The summed E-state index contributed by atoms with van der Waals surface area (Å²) in [7, 11) is 1.88. The van der Waals surface area contributed by atoms with E-state index in [1.807, 2.05) is 25.5 Å². The van der Waals surface area contributed by atoms with E-state index >= 15 is 0 Å². The van der Waals surface area contributed by atoms with E-state index in [9.17, 15) is 0 Å². The fourth-order valence-electron chi connectivity index (χ4n) is 1.95. The highest BCUT2D eigenvalue weighted by Gasteiger charge is 2.10. The van der Waals surface area contributed by atoms with Crippen LogP contribution < -0.4 is 5.32 Å². The molecule has 2 rings (SSSR count). The smallest absolute Gasteiger partial charge is 0.133 e. The van der Waals surface area contributed by atoms with E-state index in [0.29, 0.717) is 5.92 Å². The van der Waals surface area contributed by atoms with Crippen LogP contribution in [0.25, 0.3) is 0 Å². The number of aryl methyl sites for hydroxylation is 1. The largest absolute Gasteiger partial charge is 0.373 e. The summed E-state index contributed by atoms with van der Waals surface area (Å²) in [6, 6.07) is 1.99. The van der Waals surface area contributed by atoms with Crippen molar-refractivity contribution in [1.29, 1.82) is 0 Å². The maximum atomic E-state index is 4.63. The normalized spacial score (nSPS) is 11.0. The van der Waals surface area contributed by atoms with Gasteiger partial charge in [0.15, 0.2) is 0 Å². The van der Waals surface area contributed by atoms with Gasteiger partial charge in [-0.1, -0.05) is 13.8 Å². The van der Waals surface area contributed by atoms with Gasteiger partial charge in [-0.05, 0) is 6.92 Å². The molecule has 2 aromatic rings. The number of nitrogens with zero attached hydrogens (tertiary/aromatic N) is 4. The second-order valence-electron chi connectivity index (χ2n) is 4.81. The minimum absolute atomic E-state index is 0.318. The third-order valence-corrected chi connectivity index (χ3v) is 3.05. The predicted octanol–water partition coefficient (Wildman–Crippen LogP) is 2.45. The van der Waals surface area contributed by atoms with Crippen LogP contribution in [-0.4, -0.2) is 26.6 Å². The quantitative estimate of drug-likeness (QED) is 0.896. The van der Waals surface area contributed by atoms with Gasteiger partial charge in [-0.15, -0.1) is 0 Å². The van der Waals surface area contributed by atoms with Gasteiger partial charge in [0.05, 0.1) is 5.69 Å². The molecule has 102 valence electrons. The summed E-state index contributed by atoms with van der Waals surface area (Å²) in [6.07, 6.45) is 4.57. The SMILES string of the molecule is CCn1ccnc1Cc1cc(NC)nc(C(C)C)n1. The maximum Gasteiger partial charge on any atom is 0.133 e. The lowest BCUT2D eigenvalue weighted by molar-refractivity contribution is 0.701. The van der Waals surface area contributed by atoms with Gasteiger partial charge >= 0.3 is 0 Å². The molecule has 0 atom stereocenters. The Bertz CT molecular complexity index is 545. The number of aromatic nitrogens is 4. The van der Waals surface area contributed by atoms with Gasteiger partial charge in [-0.25, -0.2) is 15.0 Å². The molecular weight excluding hydrogens is 238 g/mol. The number of anilines is 1. The van der Waals surface area contributed by atoms with Crippen LogP contribution in [0.15, 0.2) is 18.5 Å². The summed E-state index contributed by atoms with van der Waals surface area (Å²) in [5.74, 6) is 3.09. The molecule has 0 aliphatic heterocycles. The second-order valence-corrected chi connectivity index (χ2v) is 4.81. The highest BCUT2D eigenvalue weighted by molar-refractivity contribution is 5.36. The zero-order valence-electron chi connectivity index (χ0n) is 12.0. The molecule has 2 aromatic heterocycles. The van der Waals surface area contributed by atoms with E-state index in [1.54, 1.807) is 0 Å². The summed E-state index contributed by atoms with van der Waals surface area (Å²) >= 11 is 0. The topological polar surface area (TPSA) is 55.6 Å². The van der Waals surface area contributed by atoms with Crippen molar-refractivity contribution in [3.8, 4) is 0 Å². The van der Waals surface area contributed by atoms with E-state index in [1.165, 1.54) is 0 Å². The van der Waals surface area contributed by atoms with Gasteiger partial charge in [0.25, 0.3) is 0 Å². The van der Waals surface area contributed by atoms with Crippen LogP contribution in [-0.2, 0) is 13.0 Å². The fraction of sp³-hybridized carbons (Fsp3) is 0.500. The number of rotatable bonds is 5.